The minimum absolute atomic E-state index is 0.00958. The molecule has 0 heterocycles. The van der Waals surface area contributed by atoms with Crippen molar-refractivity contribution in [1.29, 1.82) is 0 Å². The number of anilines is 1. The summed E-state index contributed by atoms with van der Waals surface area (Å²) in [6, 6.07) is 5.55. The third-order valence-electron chi connectivity index (χ3n) is 2.34. The number of hydrogen-bond donors (Lipinski definition) is 2. The third-order valence-corrected chi connectivity index (χ3v) is 2.66. The molecule has 0 atom stereocenters. The molecule has 3 N–H and O–H groups in total. The maximum Gasteiger partial charge on any atom is 0.224 e. The van der Waals surface area contributed by atoms with Crippen LogP contribution in [0.15, 0.2) is 18.2 Å². The number of para-hydroxylation sites is 1. The molecular formula is C12H17ClN2O. The van der Waals surface area contributed by atoms with Crippen LogP contribution in [0.4, 0.5) is 5.69 Å². The van der Waals surface area contributed by atoms with Gasteiger partial charge in [-0.2, -0.15) is 0 Å². The van der Waals surface area contributed by atoms with E-state index >= 15 is 0 Å². The minimum atomic E-state index is -0.00958. The number of halogens is 1. The Morgan fingerprint density at radius 1 is 1.44 bits per heavy atom. The number of rotatable bonds is 5. The Kier molecular flexibility index (Phi) is 5.29. The van der Waals surface area contributed by atoms with Gasteiger partial charge in [-0.3, -0.25) is 4.79 Å². The molecule has 0 saturated heterocycles. The van der Waals surface area contributed by atoms with E-state index in [0.717, 1.165) is 18.4 Å². The standard InChI is InChI=1S/C12H17ClN2O/c1-9-5-4-6-10(13)12(9)15-11(16)7-2-3-8-14/h4-6H,2-3,7-8,14H2,1H3,(H,15,16). The number of hydrogen-bond acceptors (Lipinski definition) is 2. The van der Waals surface area contributed by atoms with Crippen LogP contribution in [-0.4, -0.2) is 12.5 Å². The van der Waals surface area contributed by atoms with Gasteiger partial charge in [-0.15, -0.1) is 0 Å². The van der Waals surface area contributed by atoms with Crippen molar-refractivity contribution in [3.05, 3.63) is 28.8 Å². The van der Waals surface area contributed by atoms with Crippen LogP contribution in [0.3, 0.4) is 0 Å². The van der Waals surface area contributed by atoms with Crippen molar-refractivity contribution in [2.45, 2.75) is 26.2 Å². The number of unbranched alkanes of at least 4 members (excludes halogenated alkanes) is 1. The highest BCUT2D eigenvalue weighted by Gasteiger charge is 2.07. The fourth-order valence-corrected chi connectivity index (χ4v) is 1.69. The molecule has 1 amide bonds. The van der Waals surface area contributed by atoms with Crippen molar-refractivity contribution in [3.8, 4) is 0 Å². The van der Waals surface area contributed by atoms with E-state index in [2.05, 4.69) is 5.32 Å². The number of nitrogens with two attached hydrogens (primary N) is 1. The molecule has 0 unspecified atom stereocenters. The van der Waals surface area contributed by atoms with Gasteiger partial charge in [0.25, 0.3) is 0 Å². The summed E-state index contributed by atoms with van der Waals surface area (Å²) >= 11 is 6.00. The lowest BCUT2D eigenvalue weighted by Gasteiger charge is -2.09. The second-order valence-electron chi connectivity index (χ2n) is 3.73. The summed E-state index contributed by atoms with van der Waals surface area (Å²) in [5.74, 6) is -0.00958. The average Bonchev–Trinajstić information content (AvgIpc) is 2.24. The molecule has 88 valence electrons. The lowest BCUT2D eigenvalue weighted by Crippen LogP contribution is -2.13. The van der Waals surface area contributed by atoms with Gasteiger partial charge in [0.2, 0.25) is 5.91 Å². The third kappa shape index (κ3) is 3.83. The number of nitrogens with one attached hydrogen (secondary N) is 1. The quantitative estimate of drug-likeness (QED) is 0.778. The summed E-state index contributed by atoms with van der Waals surface area (Å²) in [7, 11) is 0. The first kappa shape index (κ1) is 13.0. The summed E-state index contributed by atoms with van der Waals surface area (Å²) in [6.07, 6.45) is 2.17. The minimum Gasteiger partial charge on any atom is -0.330 e. The first-order valence-electron chi connectivity index (χ1n) is 5.40. The second-order valence-corrected chi connectivity index (χ2v) is 4.13. The summed E-state index contributed by atoms with van der Waals surface area (Å²) in [5, 5.41) is 3.40. The van der Waals surface area contributed by atoms with Gasteiger partial charge in [-0.25, -0.2) is 0 Å². The highest BCUT2D eigenvalue weighted by molar-refractivity contribution is 6.33. The van der Waals surface area contributed by atoms with Crippen LogP contribution < -0.4 is 11.1 Å². The van der Waals surface area contributed by atoms with Gasteiger partial charge in [0, 0.05) is 6.42 Å². The molecule has 1 aromatic carbocycles. The van der Waals surface area contributed by atoms with Gasteiger partial charge in [-0.05, 0) is 37.9 Å². The van der Waals surface area contributed by atoms with Crippen LogP contribution in [0, 0.1) is 6.92 Å². The SMILES string of the molecule is Cc1cccc(Cl)c1NC(=O)CCCCN. The van der Waals surface area contributed by atoms with Crippen LogP contribution in [-0.2, 0) is 4.79 Å². The summed E-state index contributed by atoms with van der Waals surface area (Å²) in [4.78, 5) is 11.6. The van der Waals surface area contributed by atoms with Crippen LogP contribution >= 0.6 is 11.6 Å². The molecule has 0 fully saturated rings. The maximum atomic E-state index is 11.6. The van der Waals surface area contributed by atoms with Crippen LogP contribution in [0.25, 0.3) is 0 Å². The van der Waals surface area contributed by atoms with Gasteiger partial charge < -0.3 is 11.1 Å². The number of benzene rings is 1. The lowest BCUT2D eigenvalue weighted by molar-refractivity contribution is -0.116. The topological polar surface area (TPSA) is 55.1 Å². The maximum absolute atomic E-state index is 11.6. The molecule has 0 spiro atoms. The molecule has 0 saturated carbocycles. The molecule has 0 aliphatic carbocycles. The van der Waals surface area contributed by atoms with E-state index in [4.69, 9.17) is 17.3 Å². The average molecular weight is 241 g/mol. The molecule has 16 heavy (non-hydrogen) atoms. The summed E-state index contributed by atoms with van der Waals surface area (Å²) in [6.45, 7) is 2.54. The molecule has 4 heteroatoms. The molecule has 0 bridgehead atoms. The van der Waals surface area contributed by atoms with Crippen molar-refractivity contribution in [2.75, 3.05) is 11.9 Å². The molecule has 1 aromatic rings. The zero-order chi connectivity index (χ0) is 12.0. The Balaban J connectivity index is 2.56. The molecule has 0 aromatic heterocycles. The molecular weight excluding hydrogens is 224 g/mol. The normalized spacial score (nSPS) is 10.2. The number of amides is 1. The number of carbonyl (C=O) groups is 1. The van der Waals surface area contributed by atoms with Crippen LogP contribution in [0.1, 0.15) is 24.8 Å². The first-order chi connectivity index (χ1) is 7.65. The Hall–Kier alpha value is -1.06. The Morgan fingerprint density at radius 2 is 2.19 bits per heavy atom. The Labute approximate surface area is 101 Å². The predicted molar refractivity (Wildman–Crippen MR) is 67.7 cm³/mol. The van der Waals surface area contributed by atoms with E-state index < -0.39 is 0 Å². The molecule has 0 aliphatic rings. The van der Waals surface area contributed by atoms with Crippen molar-refractivity contribution in [1.82, 2.24) is 0 Å². The van der Waals surface area contributed by atoms with Crippen LogP contribution in [0.5, 0.6) is 0 Å². The Morgan fingerprint density at radius 3 is 2.81 bits per heavy atom. The largest absolute Gasteiger partial charge is 0.330 e. The summed E-state index contributed by atoms with van der Waals surface area (Å²) in [5.41, 5.74) is 7.04. The van der Waals surface area contributed by atoms with Gasteiger partial charge in [-0.1, -0.05) is 23.7 Å². The van der Waals surface area contributed by atoms with E-state index in [0.29, 0.717) is 23.7 Å². The zero-order valence-electron chi connectivity index (χ0n) is 9.42. The summed E-state index contributed by atoms with van der Waals surface area (Å²) < 4.78 is 0. The van der Waals surface area contributed by atoms with Gasteiger partial charge in [0.05, 0.1) is 10.7 Å². The highest BCUT2D eigenvalue weighted by Crippen LogP contribution is 2.25. The van der Waals surface area contributed by atoms with E-state index in [1.807, 2.05) is 19.1 Å². The van der Waals surface area contributed by atoms with E-state index in [-0.39, 0.29) is 5.91 Å². The molecule has 3 nitrogen and oxygen atoms in total. The van der Waals surface area contributed by atoms with Gasteiger partial charge in [0.1, 0.15) is 0 Å². The molecule has 0 radical (unpaired) electrons. The fourth-order valence-electron chi connectivity index (χ4n) is 1.42. The highest BCUT2D eigenvalue weighted by atomic mass is 35.5. The van der Waals surface area contributed by atoms with Gasteiger partial charge in [0.15, 0.2) is 0 Å². The van der Waals surface area contributed by atoms with Crippen LogP contribution in [0.2, 0.25) is 5.02 Å². The van der Waals surface area contributed by atoms with Gasteiger partial charge >= 0.3 is 0 Å². The number of aryl methyl sites for hydroxylation is 1. The smallest absolute Gasteiger partial charge is 0.224 e. The van der Waals surface area contributed by atoms with E-state index in [1.54, 1.807) is 6.07 Å². The zero-order valence-corrected chi connectivity index (χ0v) is 10.2. The van der Waals surface area contributed by atoms with E-state index in [9.17, 15) is 4.79 Å². The fraction of sp³-hybridized carbons (Fsp3) is 0.417. The van der Waals surface area contributed by atoms with Crippen molar-refractivity contribution >= 4 is 23.2 Å². The van der Waals surface area contributed by atoms with Crippen molar-refractivity contribution in [2.24, 2.45) is 5.73 Å². The number of carbonyl (C=O) groups excluding carboxylic acids is 1. The van der Waals surface area contributed by atoms with Crippen molar-refractivity contribution in [3.63, 3.8) is 0 Å². The first-order valence-corrected chi connectivity index (χ1v) is 5.78. The van der Waals surface area contributed by atoms with E-state index in [1.165, 1.54) is 0 Å². The predicted octanol–water partition coefficient (Wildman–Crippen LogP) is 2.72. The molecule has 0 aliphatic heterocycles. The second kappa shape index (κ2) is 6.51. The monoisotopic (exact) mass is 240 g/mol. The Bertz CT molecular complexity index is 346. The lowest BCUT2D eigenvalue weighted by atomic mass is 10.2. The molecule has 1 rings (SSSR count). The van der Waals surface area contributed by atoms with Crippen molar-refractivity contribution < 1.29 is 4.79 Å².